The Bertz CT molecular complexity index is 490. The summed E-state index contributed by atoms with van der Waals surface area (Å²) >= 11 is 0. The number of nitrogens with two attached hydrogens (primary N) is 1. The molecule has 3 N–H and O–H groups in total. The summed E-state index contributed by atoms with van der Waals surface area (Å²) in [5.41, 5.74) is 7.21. The number of aryl methyl sites for hydroxylation is 1. The van der Waals surface area contributed by atoms with Crippen molar-refractivity contribution in [2.75, 3.05) is 13.1 Å². The molecule has 1 aromatic rings. The molecule has 2 unspecified atom stereocenters. The number of likely N-dealkylation sites (tertiary alicyclic amines) is 1. The lowest BCUT2D eigenvalue weighted by atomic mass is 10.1. The van der Waals surface area contributed by atoms with Crippen LogP contribution in [0.15, 0.2) is 30.3 Å². The lowest BCUT2D eigenvalue weighted by Gasteiger charge is -2.21. The fraction of sp³-hybridized carbons (Fsp3) is 0.500. The van der Waals surface area contributed by atoms with Gasteiger partial charge in [0.15, 0.2) is 0 Å². The summed E-state index contributed by atoms with van der Waals surface area (Å²) in [7, 11) is 0. The Hall–Kier alpha value is -1.88. The van der Waals surface area contributed by atoms with Gasteiger partial charge in [-0.2, -0.15) is 0 Å². The van der Waals surface area contributed by atoms with Crippen molar-refractivity contribution in [3.63, 3.8) is 0 Å². The average molecular weight is 289 g/mol. The lowest BCUT2D eigenvalue weighted by Crippen LogP contribution is -2.44. The van der Waals surface area contributed by atoms with Crippen LogP contribution in [-0.2, 0) is 16.0 Å². The fourth-order valence-corrected chi connectivity index (χ4v) is 2.69. The van der Waals surface area contributed by atoms with Crippen LogP contribution < -0.4 is 11.1 Å². The van der Waals surface area contributed by atoms with E-state index in [1.54, 1.807) is 4.90 Å². The van der Waals surface area contributed by atoms with Gasteiger partial charge in [0.05, 0.1) is 6.04 Å². The number of nitrogens with one attached hydrogen (secondary N) is 1. The van der Waals surface area contributed by atoms with Crippen LogP contribution in [0.5, 0.6) is 0 Å². The lowest BCUT2D eigenvalue weighted by molar-refractivity contribution is -0.132. The van der Waals surface area contributed by atoms with E-state index in [1.807, 2.05) is 30.3 Å². The molecule has 1 aromatic carbocycles. The van der Waals surface area contributed by atoms with Crippen molar-refractivity contribution in [2.45, 2.75) is 38.3 Å². The molecule has 1 fully saturated rings. The molecular formula is C16H23N3O2. The van der Waals surface area contributed by atoms with Gasteiger partial charge in [-0.15, -0.1) is 0 Å². The van der Waals surface area contributed by atoms with E-state index in [9.17, 15) is 9.59 Å². The summed E-state index contributed by atoms with van der Waals surface area (Å²) in [5, 5.41) is 2.85. The van der Waals surface area contributed by atoms with Crippen molar-refractivity contribution in [3.05, 3.63) is 35.9 Å². The highest BCUT2D eigenvalue weighted by atomic mass is 16.2. The topological polar surface area (TPSA) is 75.4 Å². The predicted octanol–water partition coefficient (Wildman–Crippen LogP) is 0.684. The molecule has 5 heteroatoms. The van der Waals surface area contributed by atoms with Crippen molar-refractivity contribution in [1.82, 2.24) is 10.2 Å². The number of benzene rings is 1. The summed E-state index contributed by atoms with van der Waals surface area (Å²) in [4.78, 5) is 25.1. The number of hydrogen-bond acceptors (Lipinski definition) is 3. The molecule has 2 amide bonds. The highest BCUT2D eigenvalue weighted by molar-refractivity contribution is 5.82. The van der Waals surface area contributed by atoms with Gasteiger partial charge in [0.2, 0.25) is 11.8 Å². The van der Waals surface area contributed by atoms with Gasteiger partial charge in [0.25, 0.3) is 0 Å². The van der Waals surface area contributed by atoms with E-state index >= 15 is 0 Å². The molecule has 0 aromatic heterocycles. The molecular weight excluding hydrogens is 266 g/mol. The molecule has 0 spiro atoms. The molecule has 0 aliphatic carbocycles. The van der Waals surface area contributed by atoms with Gasteiger partial charge in [0, 0.05) is 26.1 Å². The van der Waals surface area contributed by atoms with Gasteiger partial charge < -0.3 is 16.0 Å². The largest absolute Gasteiger partial charge is 0.352 e. The zero-order valence-electron chi connectivity index (χ0n) is 12.4. The smallest absolute Gasteiger partial charge is 0.239 e. The quantitative estimate of drug-likeness (QED) is 0.837. The molecule has 0 bridgehead atoms. The van der Waals surface area contributed by atoms with Gasteiger partial charge in [-0.1, -0.05) is 30.3 Å². The fourth-order valence-electron chi connectivity index (χ4n) is 2.69. The van der Waals surface area contributed by atoms with Crippen LogP contribution in [-0.4, -0.2) is 41.9 Å². The maximum Gasteiger partial charge on any atom is 0.239 e. The number of rotatable bonds is 5. The summed E-state index contributed by atoms with van der Waals surface area (Å²) in [6.45, 7) is 2.73. The third-order valence-corrected chi connectivity index (χ3v) is 3.81. The van der Waals surface area contributed by atoms with E-state index in [0.29, 0.717) is 19.5 Å². The second-order valence-corrected chi connectivity index (χ2v) is 5.60. The number of carbonyl (C=O) groups is 2. The first-order valence-corrected chi connectivity index (χ1v) is 7.41. The van der Waals surface area contributed by atoms with Crippen molar-refractivity contribution < 1.29 is 9.59 Å². The minimum absolute atomic E-state index is 0.0150. The van der Waals surface area contributed by atoms with Crippen LogP contribution in [0.2, 0.25) is 0 Å². The van der Waals surface area contributed by atoms with E-state index in [1.165, 1.54) is 12.5 Å². The highest BCUT2D eigenvalue weighted by Crippen LogP contribution is 2.12. The highest BCUT2D eigenvalue weighted by Gasteiger charge is 2.29. The molecule has 2 atom stereocenters. The molecule has 1 aliphatic rings. The maximum absolute atomic E-state index is 12.3. The predicted molar refractivity (Wildman–Crippen MR) is 81.5 cm³/mol. The number of carbonyl (C=O) groups excluding carboxylic acids is 2. The Balaban J connectivity index is 1.79. The first kappa shape index (κ1) is 15.5. The normalized spacial score (nSPS) is 19.3. The van der Waals surface area contributed by atoms with Crippen LogP contribution in [0, 0.1) is 0 Å². The Morgan fingerprint density at radius 3 is 2.76 bits per heavy atom. The second-order valence-electron chi connectivity index (χ2n) is 5.60. The van der Waals surface area contributed by atoms with E-state index in [-0.39, 0.29) is 17.9 Å². The molecule has 5 nitrogen and oxygen atoms in total. The molecule has 1 saturated heterocycles. The summed E-state index contributed by atoms with van der Waals surface area (Å²) in [6.07, 6.45) is 2.25. The van der Waals surface area contributed by atoms with E-state index in [2.05, 4.69) is 5.32 Å². The number of amides is 2. The van der Waals surface area contributed by atoms with Gasteiger partial charge >= 0.3 is 0 Å². The van der Waals surface area contributed by atoms with Gasteiger partial charge in [0.1, 0.15) is 0 Å². The van der Waals surface area contributed by atoms with Crippen molar-refractivity contribution in [1.29, 1.82) is 0 Å². The molecule has 2 rings (SSSR count). The minimum atomic E-state index is -0.471. The van der Waals surface area contributed by atoms with Crippen LogP contribution in [0.1, 0.15) is 25.3 Å². The Kier molecular flexibility index (Phi) is 5.33. The summed E-state index contributed by atoms with van der Waals surface area (Å²) in [6, 6.07) is 9.62. The molecule has 21 heavy (non-hydrogen) atoms. The van der Waals surface area contributed by atoms with Gasteiger partial charge in [-0.25, -0.2) is 0 Å². The molecule has 0 radical (unpaired) electrons. The van der Waals surface area contributed by atoms with Crippen molar-refractivity contribution >= 4 is 11.8 Å². The summed E-state index contributed by atoms with van der Waals surface area (Å²) < 4.78 is 0. The second kappa shape index (κ2) is 7.22. The van der Waals surface area contributed by atoms with Crippen molar-refractivity contribution in [3.8, 4) is 0 Å². The zero-order chi connectivity index (χ0) is 15.2. The standard InChI is InChI=1S/C16H23N3O2/c1-12(20)18-14-9-10-19(11-14)16(21)15(17)8-7-13-5-3-2-4-6-13/h2-6,14-15H,7-11,17H2,1H3,(H,18,20). The van der Waals surface area contributed by atoms with E-state index in [0.717, 1.165) is 12.8 Å². The SMILES string of the molecule is CC(=O)NC1CCN(C(=O)C(N)CCc2ccccc2)C1. The Morgan fingerprint density at radius 1 is 1.38 bits per heavy atom. The molecule has 1 heterocycles. The maximum atomic E-state index is 12.3. The van der Waals surface area contributed by atoms with Crippen LogP contribution in [0.3, 0.4) is 0 Å². The van der Waals surface area contributed by atoms with Gasteiger partial charge in [-0.05, 0) is 24.8 Å². The third kappa shape index (κ3) is 4.56. The third-order valence-electron chi connectivity index (χ3n) is 3.81. The molecule has 1 aliphatic heterocycles. The first-order chi connectivity index (χ1) is 10.1. The Morgan fingerprint density at radius 2 is 2.10 bits per heavy atom. The van der Waals surface area contributed by atoms with Crippen LogP contribution in [0.4, 0.5) is 0 Å². The van der Waals surface area contributed by atoms with Crippen LogP contribution >= 0.6 is 0 Å². The van der Waals surface area contributed by atoms with Crippen LogP contribution in [0.25, 0.3) is 0 Å². The monoisotopic (exact) mass is 289 g/mol. The van der Waals surface area contributed by atoms with Crippen molar-refractivity contribution in [2.24, 2.45) is 5.73 Å². The number of hydrogen-bond donors (Lipinski definition) is 2. The average Bonchev–Trinajstić information content (AvgIpc) is 2.92. The minimum Gasteiger partial charge on any atom is -0.352 e. The number of nitrogens with zero attached hydrogens (tertiary/aromatic N) is 1. The van der Waals surface area contributed by atoms with E-state index in [4.69, 9.17) is 5.73 Å². The van der Waals surface area contributed by atoms with E-state index < -0.39 is 6.04 Å². The molecule has 114 valence electrons. The summed E-state index contributed by atoms with van der Waals surface area (Å²) in [5.74, 6) is -0.0681. The molecule has 0 saturated carbocycles. The van der Waals surface area contributed by atoms with Gasteiger partial charge in [-0.3, -0.25) is 9.59 Å². The first-order valence-electron chi connectivity index (χ1n) is 7.41. The zero-order valence-corrected chi connectivity index (χ0v) is 12.4. The Labute approximate surface area is 125 Å².